The van der Waals surface area contributed by atoms with Crippen molar-refractivity contribution in [3.63, 3.8) is 0 Å². The van der Waals surface area contributed by atoms with E-state index in [1.807, 2.05) is 0 Å². The van der Waals surface area contributed by atoms with E-state index in [9.17, 15) is 13.2 Å². The first-order valence-corrected chi connectivity index (χ1v) is 5.89. The normalized spacial score (nSPS) is 12.3. The summed E-state index contributed by atoms with van der Waals surface area (Å²) in [5.41, 5.74) is -0.0438. The minimum Gasteiger partial charge on any atom is -0.497 e. The van der Waals surface area contributed by atoms with Gasteiger partial charge in [-0.05, 0) is 24.3 Å². The quantitative estimate of drug-likeness (QED) is 0.758. The summed E-state index contributed by atoms with van der Waals surface area (Å²) >= 11 is 6.02. The Kier molecular flexibility index (Phi) is 4.00. The summed E-state index contributed by atoms with van der Waals surface area (Å²) in [5, 5.41) is -1.11. The summed E-state index contributed by atoms with van der Waals surface area (Å²) in [6.45, 7) is 0. The average Bonchev–Trinajstić information content (AvgIpc) is 2.40. The first kappa shape index (κ1) is 13.7. The molecule has 0 fully saturated rings. The third-order valence-corrected chi connectivity index (χ3v) is 3.18. The predicted molar refractivity (Wildman–Crippen MR) is 67.0 cm³/mol. The van der Waals surface area contributed by atoms with Crippen LogP contribution in [0.1, 0.15) is 16.5 Å². The van der Waals surface area contributed by atoms with Gasteiger partial charge in [0.25, 0.3) is 0 Å². The third-order valence-electron chi connectivity index (χ3n) is 2.71. The van der Waals surface area contributed by atoms with E-state index in [0.717, 1.165) is 24.3 Å². The third kappa shape index (κ3) is 2.84. The van der Waals surface area contributed by atoms with Crippen molar-refractivity contribution in [2.75, 3.05) is 7.11 Å². The average molecular weight is 287 g/mol. The molecule has 1 nitrogen and oxygen atoms in total. The Bertz CT molecular complexity index is 601. The summed E-state index contributed by atoms with van der Waals surface area (Å²) in [6, 6.07) is 6.92. The van der Waals surface area contributed by atoms with Crippen LogP contribution in [0.25, 0.3) is 0 Å². The van der Waals surface area contributed by atoms with Gasteiger partial charge >= 0.3 is 0 Å². The summed E-state index contributed by atoms with van der Waals surface area (Å²) in [7, 11) is 1.40. The maximum absolute atomic E-state index is 13.8. The lowest BCUT2D eigenvalue weighted by Gasteiger charge is -2.13. The highest BCUT2D eigenvalue weighted by molar-refractivity contribution is 6.22. The summed E-state index contributed by atoms with van der Waals surface area (Å²) in [4.78, 5) is 0. The van der Waals surface area contributed by atoms with Crippen molar-refractivity contribution in [2.24, 2.45) is 0 Å². The van der Waals surface area contributed by atoms with Crippen LogP contribution in [-0.2, 0) is 0 Å². The smallest absolute Gasteiger partial charge is 0.131 e. The van der Waals surface area contributed by atoms with Crippen LogP contribution in [-0.4, -0.2) is 7.11 Å². The van der Waals surface area contributed by atoms with E-state index in [1.165, 1.54) is 19.2 Å². The molecule has 0 amide bonds. The first-order chi connectivity index (χ1) is 9.02. The predicted octanol–water partition coefficient (Wildman–Crippen LogP) is 4.44. The van der Waals surface area contributed by atoms with E-state index < -0.39 is 22.8 Å². The molecule has 0 saturated carbocycles. The Morgan fingerprint density at radius 3 is 2.32 bits per heavy atom. The molecule has 5 heteroatoms. The van der Waals surface area contributed by atoms with Gasteiger partial charge in [-0.3, -0.25) is 0 Å². The minimum absolute atomic E-state index is 0.0620. The second-order valence-corrected chi connectivity index (χ2v) is 4.35. The number of rotatable bonds is 3. The maximum atomic E-state index is 13.8. The van der Waals surface area contributed by atoms with E-state index >= 15 is 0 Å². The molecule has 1 unspecified atom stereocenters. The van der Waals surface area contributed by atoms with E-state index in [2.05, 4.69) is 0 Å². The van der Waals surface area contributed by atoms with Crippen LogP contribution in [0, 0.1) is 17.5 Å². The summed E-state index contributed by atoms with van der Waals surface area (Å²) < 4.78 is 45.4. The van der Waals surface area contributed by atoms with Crippen LogP contribution in [0.15, 0.2) is 36.4 Å². The highest BCUT2D eigenvalue weighted by atomic mass is 35.5. The van der Waals surface area contributed by atoms with Crippen molar-refractivity contribution in [3.05, 3.63) is 65.0 Å². The van der Waals surface area contributed by atoms with Crippen LogP contribution < -0.4 is 4.74 Å². The van der Waals surface area contributed by atoms with Gasteiger partial charge in [0.2, 0.25) is 0 Å². The largest absolute Gasteiger partial charge is 0.497 e. The Morgan fingerprint density at radius 2 is 1.68 bits per heavy atom. The van der Waals surface area contributed by atoms with Crippen LogP contribution in [0.4, 0.5) is 13.2 Å². The van der Waals surface area contributed by atoms with Gasteiger partial charge in [-0.15, -0.1) is 11.6 Å². The van der Waals surface area contributed by atoms with E-state index in [1.54, 1.807) is 0 Å². The fraction of sp³-hybridized carbons (Fsp3) is 0.143. The molecule has 0 aliphatic rings. The molecule has 0 aliphatic carbocycles. The Morgan fingerprint density at radius 1 is 0.947 bits per heavy atom. The van der Waals surface area contributed by atoms with Gasteiger partial charge in [0.15, 0.2) is 0 Å². The number of ether oxygens (including phenoxy) is 1. The molecule has 0 N–H and O–H groups in total. The molecule has 0 spiro atoms. The Labute approximate surface area is 113 Å². The molecule has 19 heavy (non-hydrogen) atoms. The Balaban J connectivity index is 2.43. The molecule has 0 aromatic heterocycles. The monoisotopic (exact) mass is 286 g/mol. The van der Waals surface area contributed by atoms with Crippen LogP contribution in [0.2, 0.25) is 0 Å². The highest BCUT2D eigenvalue weighted by Crippen LogP contribution is 2.33. The zero-order chi connectivity index (χ0) is 14.0. The molecule has 0 bridgehead atoms. The number of alkyl halides is 1. The second-order valence-electron chi connectivity index (χ2n) is 3.92. The van der Waals surface area contributed by atoms with Gasteiger partial charge in [-0.2, -0.15) is 0 Å². The molecule has 1 atom stereocenters. The fourth-order valence-corrected chi connectivity index (χ4v) is 2.06. The topological polar surface area (TPSA) is 9.23 Å². The molecule has 2 rings (SSSR count). The lowest BCUT2D eigenvalue weighted by atomic mass is 10.0. The zero-order valence-corrected chi connectivity index (χ0v) is 10.7. The fourth-order valence-electron chi connectivity index (χ4n) is 1.72. The molecule has 0 heterocycles. The highest BCUT2D eigenvalue weighted by Gasteiger charge is 2.19. The second kappa shape index (κ2) is 5.53. The molecule has 0 radical (unpaired) electrons. The van der Waals surface area contributed by atoms with Gasteiger partial charge < -0.3 is 4.74 Å². The van der Waals surface area contributed by atoms with Gasteiger partial charge in [0.05, 0.1) is 12.5 Å². The van der Waals surface area contributed by atoms with Gasteiger partial charge in [-0.25, -0.2) is 13.2 Å². The summed E-state index contributed by atoms with van der Waals surface area (Å²) in [6.07, 6.45) is 0. The first-order valence-electron chi connectivity index (χ1n) is 5.45. The molecular weight excluding hydrogens is 277 g/mol. The number of benzene rings is 2. The van der Waals surface area contributed by atoms with Crippen LogP contribution in [0.3, 0.4) is 0 Å². The molecule has 0 aliphatic heterocycles. The van der Waals surface area contributed by atoms with Crippen LogP contribution in [0.5, 0.6) is 5.75 Å². The lowest BCUT2D eigenvalue weighted by molar-refractivity contribution is 0.410. The SMILES string of the molecule is COc1ccc(C(Cl)c2cc(F)ccc2F)c(F)c1. The number of methoxy groups -OCH3 is 1. The van der Waals surface area contributed by atoms with Gasteiger partial charge in [0, 0.05) is 17.2 Å². The minimum atomic E-state index is -1.11. The van der Waals surface area contributed by atoms with Crippen molar-refractivity contribution in [1.29, 1.82) is 0 Å². The molecule has 100 valence electrons. The van der Waals surface area contributed by atoms with E-state index in [4.69, 9.17) is 16.3 Å². The number of hydrogen-bond donors (Lipinski definition) is 0. The van der Waals surface area contributed by atoms with Crippen LogP contribution >= 0.6 is 11.6 Å². The van der Waals surface area contributed by atoms with Crippen molar-refractivity contribution in [3.8, 4) is 5.75 Å². The van der Waals surface area contributed by atoms with E-state index in [-0.39, 0.29) is 11.1 Å². The zero-order valence-electron chi connectivity index (χ0n) is 9.96. The van der Waals surface area contributed by atoms with Gasteiger partial charge in [0.1, 0.15) is 23.2 Å². The van der Waals surface area contributed by atoms with Gasteiger partial charge in [-0.1, -0.05) is 6.07 Å². The number of hydrogen-bond acceptors (Lipinski definition) is 1. The molecule has 2 aromatic rings. The number of halogens is 4. The van der Waals surface area contributed by atoms with Crippen molar-refractivity contribution >= 4 is 11.6 Å². The maximum Gasteiger partial charge on any atom is 0.131 e. The molecule has 2 aromatic carbocycles. The molecule has 0 saturated heterocycles. The summed E-state index contributed by atoms with van der Waals surface area (Å²) in [5.74, 6) is -1.62. The van der Waals surface area contributed by atoms with Crippen molar-refractivity contribution in [2.45, 2.75) is 5.38 Å². The van der Waals surface area contributed by atoms with E-state index in [0.29, 0.717) is 5.75 Å². The standard InChI is InChI=1S/C14H10ClF3O/c1-19-9-3-4-10(13(18)7-9)14(15)11-6-8(16)2-5-12(11)17/h2-7,14H,1H3. The Hall–Kier alpha value is -1.68. The van der Waals surface area contributed by atoms with Crippen molar-refractivity contribution < 1.29 is 17.9 Å². The molecular formula is C14H10ClF3O. The van der Waals surface area contributed by atoms with Crippen molar-refractivity contribution in [1.82, 2.24) is 0 Å². The lowest BCUT2D eigenvalue weighted by Crippen LogP contribution is -2.01.